The summed E-state index contributed by atoms with van der Waals surface area (Å²) >= 11 is 0. The van der Waals surface area contributed by atoms with Gasteiger partial charge in [0, 0.05) is 30.8 Å². The number of nitrogens with one attached hydrogen (secondary N) is 2. The van der Waals surface area contributed by atoms with Gasteiger partial charge < -0.3 is 25.2 Å². The molecule has 2 unspecified atom stereocenters. The number of alkyl halides is 3. The maximum atomic E-state index is 13.1. The number of halogens is 3. The number of rotatable bonds is 8. The van der Waals surface area contributed by atoms with E-state index in [1.165, 1.54) is 17.4 Å². The summed E-state index contributed by atoms with van der Waals surface area (Å²) in [5, 5.41) is 11.3. The van der Waals surface area contributed by atoms with Gasteiger partial charge >= 0.3 is 11.9 Å². The summed E-state index contributed by atoms with van der Waals surface area (Å²) in [5.41, 5.74) is 2.66. The van der Waals surface area contributed by atoms with E-state index in [4.69, 9.17) is 19.9 Å². The van der Waals surface area contributed by atoms with Gasteiger partial charge in [-0.1, -0.05) is 26.0 Å². The molecule has 43 heavy (non-hydrogen) atoms. The quantitative estimate of drug-likeness (QED) is 0.279. The summed E-state index contributed by atoms with van der Waals surface area (Å²) in [6.45, 7) is 5.89. The maximum Gasteiger partial charge on any atom is 0.430 e. The number of hydrogen-bond acceptors (Lipinski definition) is 6. The molecule has 2 fully saturated rings. The minimum Gasteiger partial charge on any atom is -0.542 e. The summed E-state index contributed by atoms with van der Waals surface area (Å²) in [6.07, 6.45) is 0.986. The van der Waals surface area contributed by atoms with Crippen LogP contribution in [-0.4, -0.2) is 47.3 Å². The first-order valence-electron chi connectivity index (χ1n) is 14.8. The molecule has 3 heterocycles. The fraction of sp³-hybridized carbons (Fsp3) is 0.552. The Kier molecular flexibility index (Phi) is 8.76. The van der Waals surface area contributed by atoms with Crippen LogP contribution in [0.2, 0.25) is 0 Å². The standard InChI is InChI=1S/C27H35N7O2.C2HF3O2/c1-3-11-33-25-23(26(35)34(12-4-2)27(33)36)31-24(32-25)18-13-16-9-10-17(14-18)22(16)28-15-21-29-19-7-5-6-8-20(19)30-21;3-2(4,5)1(6)7/h5-8,16-18,22,28H,3-4,9-15H2,1-2H3,(H,29,30)(H,31,32);(H,6,7). The fourth-order valence-electron chi connectivity index (χ4n) is 6.76. The van der Waals surface area contributed by atoms with E-state index in [1.807, 2.05) is 26.0 Å². The van der Waals surface area contributed by atoms with Crippen molar-refractivity contribution in [3.63, 3.8) is 0 Å². The van der Waals surface area contributed by atoms with Crippen molar-refractivity contribution in [3.8, 4) is 0 Å². The van der Waals surface area contributed by atoms with Gasteiger partial charge in [0.2, 0.25) is 0 Å². The van der Waals surface area contributed by atoms with E-state index in [9.17, 15) is 22.8 Å². The van der Waals surface area contributed by atoms with Crippen molar-refractivity contribution in [1.29, 1.82) is 0 Å². The second-order valence-corrected chi connectivity index (χ2v) is 11.5. The number of carboxylic acid groups (broad SMARTS) is 1. The molecule has 1 aromatic carbocycles. The summed E-state index contributed by atoms with van der Waals surface area (Å²) in [6, 6.07) is 8.78. The number of benzene rings is 1. The second kappa shape index (κ2) is 12.3. The predicted octanol–water partition coefficient (Wildman–Crippen LogP) is 1.92. The number of aromatic nitrogens is 6. The van der Waals surface area contributed by atoms with E-state index >= 15 is 0 Å². The minimum absolute atomic E-state index is 0.237. The maximum absolute atomic E-state index is 13.1. The Morgan fingerprint density at radius 3 is 2.26 bits per heavy atom. The number of fused-ring (bicyclic) bond motifs is 4. The van der Waals surface area contributed by atoms with Gasteiger partial charge in [0.05, 0.1) is 17.1 Å². The van der Waals surface area contributed by atoms with Gasteiger partial charge in [0.25, 0.3) is 5.56 Å². The highest BCUT2D eigenvalue weighted by Gasteiger charge is 2.46. The normalized spacial score (nSPS) is 21.7. The van der Waals surface area contributed by atoms with E-state index in [0.717, 1.165) is 54.9 Å². The topological polar surface area (TPSA) is 158 Å². The zero-order valence-electron chi connectivity index (χ0n) is 24.1. The summed E-state index contributed by atoms with van der Waals surface area (Å²) in [7, 11) is 0. The summed E-state index contributed by atoms with van der Waals surface area (Å²) in [4.78, 5) is 51.4. The molecule has 4 N–H and O–H groups in total. The van der Waals surface area contributed by atoms with Crippen LogP contribution in [0.25, 0.3) is 22.2 Å². The van der Waals surface area contributed by atoms with E-state index < -0.39 is 12.1 Å². The van der Waals surface area contributed by atoms with Gasteiger partial charge in [-0.15, -0.1) is 0 Å². The Balaban J connectivity index is 0.000000472. The van der Waals surface area contributed by atoms with Gasteiger partial charge in [-0.05, 0) is 50.7 Å². The van der Waals surface area contributed by atoms with Crippen molar-refractivity contribution in [2.24, 2.45) is 11.8 Å². The number of aliphatic carboxylic acids is 1. The molecule has 2 aliphatic carbocycles. The highest BCUT2D eigenvalue weighted by Crippen LogP contribution is 2.46. The average molecular weight is 604 g/mol. The lowest BCUT2D eigenvalue weighted by Gasteiger charge is -2.32. The van der Waals surface area contributed by atoms with Gasteiger partial charge in [-0.2, -0.15) is 13.2 Å². The van der Waals surface area contributed by atoms with Crippen molar-refractivity contribution in [2.75, 3.05) is 0 Å². The first kappa shape index (κ1) is 30.5. The molecule has 11 nitrogen and oxygen atoms in total. The monoisotopic (exact) mass is 603 g/mol. The molecule has 2 bridgehead atoms. The predicted molar refractivity (Wildman–Crippen MR) is 150 cm³/mol. The van der Waals surface area contributed by atoms with Crippen molar-refractivity contribution in [2.45, 2.75) is 90.1 Å². The number of quaternary nitrogens is 1. The highest BCUT2D eigenvalue weighted by molar-refractivity contribution is 5.74. The van der Waals surface area contributed by atoms with E-state index in [-0.39, 0.29) is 11.2 Å². The number of H-pyrrole nitrogens is 2. The molecule has 4 aromatic rings. The van der Waals surface area contributed by atoms with Gasteiger partial charge in [0.15, 0.2) is 11.5 Å². The molecular formula is C29H36F3N7O4. The van der Waals surface area contributed by atoms with Crippen LogP contribution in [-0.2, 0) is 24.4 Å². The second-order valence-electron chi connectivity index (χ2n) is 11.5. The largest absolute Gasteiger partial charge is 0.542 e. The number of para-hydroxylation sites is 2. The molecule has 0 aliphatic heterocycles. The van der Waals surface area contributed by atoms with Crippen LogP contribution < -0.4 is 21.7 Å². The summed E-state index contributed by atoms with van der Waals surface area (Å²) in [5.74, 6) is 0.463. The number of hydrogen-bond donors (Lipinski definition) is 3. The van der Waals surface area contributed by atoms with Crippen LogP contribution in [0.15, 0.2) is 33.9 Å². The van der Waals surface area contributed by atoms with Crippen molar-refractivity contribution >= 4 is 28.2 Å². The number of carboxylic acids is 1. The number of nitrogens with two attached hydrogens (primary N) is 1. The fourth-order valence-corrected chi connectivity index (χ4v) is 6.76. The van der Waals surface area contributed by atoms with Crippen molar-refractivity contribution < 1.29 is 28.4 Å². The molecule has 0 spiro atoms. The number of aromatic amines is 2. The van der Waals surface area contributed by atoms with Gasteiger partial charge in [-0.3, -0.25) is 13.9 Å². The van der Waals surface area contributed by atoms with Crippen LogP contribution in [0.4, 0.5) is 13.2 Å². The van der Waals surface area contributed by atoms with Crippen LogP contribution in [0, 0.1) is 11.8 Å². The van der Waals surface area contributed by atoms with Crippen molar-refractivity contribution in [3.05, 3.63) is 56.8 Å². The Morgan fingerprint density at radius 1 is 1.02 bits per heavy atom. The molecule has 2 aliphatic rings. The molecule has 6 rings (SSSR count). The minimum atomic E-state index is -5.19. The number of carbonyl (C=O) groups is 1. The van der Waals surface area contributed by atoms with Crippen LogP contribution in [0.3, 0.4) is 0 Å². The number of nitrogens with zero attached hydrogens (tertiary/aromatic N) is 4. The van der Waals surface area contributed by atoms with Crippen molar-refractivity contribution in [1.82, 2.24) is 29.1 Å². The Bertz CT molecular complexity index is 1670. The molecule has 232 valence electrons. The summed E-state index contributed by atoms with van der Waals surface area (Å²) < 4.78 is 34.6. The van der Waals surface area contributed by atoms with E-state index in [1.54, 1.807) is 4.57 Å². The van der Waals surface area contributed by atoms with Crippen LogP contribution in [0.5, 0.6) is 0 Å². The zero-order chi connectivity index (χ0) is 30.9. The molecule has 2 atom stereocenters. The van der Waals surface area contributed by atoms with Gasteiger partial charge in [-0.25, -0.2) is 14.8 Å². The average Bonchev–Trinajstić information content (AvgIpc) is 3.65. The molecular weight excluding hydrogens is 567 g/mol. The van der Waals surface area contributed by atoms with Gasteiger partial charge in [0.1, 0.15) is 23.9 Å². The zero-order valence-corrected chi connectivity index (χ0v) is 24.1. The molecule has 14 heteroatoms. The lowest BCUT2D eigenvalue weighted by molar-refractivity contribution is -0.716. The molecule has 0 amide bonds. The third-order valence-corrected chi connectivity index (χ3v) is 8.59. The van der Waals surface area contributed by atoms with E-state index in [2.05, 4.69) is 27.4 Å². The SMILES string of the molecule is CCCn1c(=O)c2[nH]c(C3CC4CCC(C3)C4[NH2+]Cc3nc4ccccc4[nH]3)nc2n(CCC)c1=O.O=C([O-])C(F)(F)F. The number of aryl methyl sites for hydroxylation is 1. The first-order valence-corrected chi connectivity index (χ1v) is 14.8. The Morgan fingerprint density at radius 2 is 1.65 bits per heavy atom. The van der Waals surface area contributed by atoms with Crippen LogP contribution in [0.1, 0.15) is 69.9 Å². The molecule has 0 saturated heterocycles. The van der Waals surface area contributed by atoms with E-state index in [0.29, 0.717) is 48.0 Å². The number of imidazole rings is 2. The lowest BCUT2D eigenvalue weighted by atomic mass is 9.77. The number of carbonyl (C=O) groups excluding carboxylic acids is 1. The molecule has 2 saturated carbocycles. The lowest BCUT2D eigenvalue weighted by Crippen LogP contribution is -2.91. The third-order valence-electron chi connectivity index (χ3n) is 8.59. The van der Waals surface area contributed by atoms with Crippen LogP contribution >= 0.6 is 0 Å². The Hall–Kier alpha value is -3.94. The highest BCUT2D eigenvalue weighted by atomic mass is 19.4. The third kappa shape index (κ3) is 6.24. The molecule has 0 radical (unpaired) electrons. The molecule has 3 aromatic heterocycles. The smallest absolute Gasteiger partial charge is 0.430 e. The Labute approximate surface area is 244 Å². The first-order chi connectivity index (χ1) is 20.5.